The number of anilines is 2. The van der Waals surface area contributed by atoms with Crippen LogP contribution in [0.4, 0.5) is 11.4 Å². The number of thioether (sulfide) groups is 1. The highest BCUT2D eigenvalue weighted by Gasteiger charge is 2.17. The Labute approximate surface area is 173 Å². The SMILES string of the molecule is CSCCNc1ccc(-c2c(C)c(C)c(-c3ccc(N)cc3)c(C)c2C)cc1. The lowest BCUT2D eigenvalue weighted by molar-refractivity contribution is 1.23. The van der Waals surface area contributed by atoms with Crippen molar-refractivity contribution in [2.24, 2.45) is 0 Å². The van der Waals surface area contributed by atoms with E-state index in [1.165, 1.54) is 50.2 Å². The number of nitrogens with one attached hydrogen (secondary N) is 1. The van der Waals surface area contributed by atoms with E-state index in [2.05, 4.69) is 75.7 Å². The molecule has 0 atom stereocenters. The number of nitrogen functional groups attached to an aromatic ring is 1. The smallest absolute Gasteiger partial charge is 0.0340 e. The monoisotopic (exact) mass is 390 g/mol. The van der Waals surface area contributed by atoms with Crippen molar-refractivity contribution in [3.8, 4) is 22.3 Å². The van der Waals surface area contributed by atoms with Crippen LogP contribution in [0.3, 0.4) is 0 Å². The Morgan fingerprint density at radius 3 is 1.57 bits per heavy atom. The molecule has 0 amide bonds. The van der Waals surface area contributed by atoms with Gasteiger partial charge in [-0.05, 0) is 103 Å². The maximum atomic E-state index is 5.88. The fourth-order valence-electron chi connectivity index (χ4n) is 3.88. The number of hydrogen-bond donors (Lipinski definition) is 2. The summed E-state index contributed by atoms with van der Waals surface area (Å²) in [6, 6.07) is 17.1. The van der Waals surface area contributed by atoms with Crippen LogP contribution in [0.15, 0.2) is 48.5 Å². The van der Waals surface area contributed by atoms with Gasteiger partial charge in [-0.25, -0.2) is 0 Å². The van der Waals surface area contributed by atoms with Crippen LogP contribution in [-0.4, -0.2) is 18.6 Å². The highest BCUT2D eigenvalue weighted by molar-refractivity contribution is 7.98. The molecule has 0 aliphatic carbocycles. The topological polar surface area (TPSA) is 38.0 Å². The van der Waals surface area contributed by atoms with E-state index in [0.29, 0.717) is 0 Å². The van der Waals surface area contributed by atoms with Crippen molar-refractivity contribution >= 4 is 23.1 Å². The molecule has 0 aliphatic heterocycles. The molecule has 0 radical (unpaired) electrons. The van der Waals surface area contributed by atoms with E-state index < -0.39 is 0 Å². The minimum absolute atomic E-state index is 0.801. The lowest BCUT2D eigenvalue weighted by Gasteiger charge is -2.21. The Balaban J connectivity index is 2.02. The fourth-order valence-corrected chi connectivity index (χ4v) is 4.19. The second-order valence-electron chi connectivity index (χ2n) is 7.37. The molecule has 146 valence electrons. The van der Waals surface area contributed by atoms with Crippen LogP contribution in [0, 0.1) is 27.7 Å². The lowest BCUT2D eigenvalue weighted by Crippen LogP contribution is -2.03. The molecule has 0 aliphatic rings. The van der Waals surface area contributed by atoms with Crippen molar-refractivity contribution < 1.29 is 0 Å². The van der Waals surface area contributed by atoms with Gasteiger partial charge in [-0.15, -0.1) is 0 Å². The summed E-state index contributed by atoms with van der Waals surface area (Å²) in [7, 11) is 0. The third-order valence-corrected chi connectivity index (χ3v) is 6.25. The zero-order chi connectivity index (χ0) is 20.3. The van der Waals surface area contributed by atoms with Gasteiger partial charge in [-0.1, -0.05) is 24.3 Å². The van der Waals surface area contributed by atoms with Gasteiger partial charge >= 0.3 is 0 Å². The normalized spacial score (nSPS) is 10.9. The largest absolute Gasteiger partial charge is 0.399 e. The van der Waals surface area contributed by atoms with Gasteiger partial charge in [0, 0.05) is 23.7 Å². The summed E-state index contributed by atoms with van der Waals surface area (Å²) < 4.78 is 0. The highest BCUT2D eigenvalue weighted by Crippen LogP contribution is 2.39. The Hall–Kier alpha value is -2.39. The van der Waals surface area contributed by atoms with Crippen LogP contribution in [0.5, 0.6) is 0 Å². The first-order valence-corrected chi connectivity index (χ1v) is 11.1. The van der Waals surface area contributed by atoms with E-state index in [0.717, 1.165) is 18.0 Å². The van der Waals surface area contributed by atoms with Crippen LogP contribution in [0.25, 0.3) is 22.3 Å². The Kier molecular flexibility index (Phi) is 6.35. The number of benzene rings is 3. The summed E-state index contributed by atoms with van der Waals surface area (Å²) >= 11 is 1.86. The van der Waals surface area contributed by atoms with E-state index in [1.807, 2.05) is 23.9 Å². The molecular weight excluding hydrogens is 360 g/mol. The van der Waals surface area contributed by atoms with Crippen molar-refractivity contribution in [1.29, 1.82) is 0 Å². The quantitative estimate of drug-likeness (QED) is 0.367. The van der Waals surface area contributed by atoms with E-state index in [4.69, 9.17) is 5.73 Å². The lowest BCUT2D eigenvalue weighted by atomic mass is 9.83. The molecular formula is C25H30N2S. The van der Waals surface area contributed by atoms with Crippen LogP contribution in [0.2, 0.25) is 0 Å². The van der Waals surface area contributed by atoms with E-state index in [9.17, 15) is 0 Å². The van der Waals surface area contributed by atoms with Gasteiger partial charge in [-0.3, -0.25) is 0 Å². The fraction of sp³-hybridized carbons (Fsp3) is 0.280. The van der Waals surface area contributed by atoms with Gasteiger partial charge < -0.3 is 11.1 Å². The van der Waals surface area contributed by atoms with E-state index in [-0.39, 0.29) is 0 Å². The highest BCUT2D eigenvalue weighted by atomic mass is 32.2. The van der Waals surface area contributed by atoms with Gasteiger partial charge in [0.2, 0.25) is 0 Å². The van der Waals surface area contributed by atoms with E-state index in [1.54, 1.807) is 0 Å². The van der Waals surface area contributed by atoms with Crippen LogP contribution < -0.4 is 11.1 Å². The standard InChI is InChI=1S/C25H30N2S/c1-16-18(3)25(21-8-12-23(13-9-21)27-14-15-28-5)19(4)17(2)24(16)20-6-10-22(26)11-7-20/h6-13,27H,14-15,26H2,1-5H3. The molecule has 0 aromatic heterocycles. The molecule has 0 saturated carbocycles. The molecule has 0 fully saturated rings. The number of hydrogen-bond acceptors (Lipinski definition) is 3. The maximum absolute atomic E-state index is 5.88. The first-order valence-electron chi connectivity index (χ1n) is 9.73. The first kappa shape index (κ1) is 20.3. The van der Waals surface area contributed by atoms with Crippen molar-refractivity contribution in [2.45, 2.75) is 27.7 Å². The predicted molar refractivity (Wildman–Crippen MR) is 128 cm³/mol. The van der Waals surface area contributed by atoms with Crippen molar-refractivity contribution in [1.82, 2.24) is 0 Å². The first-order chi connectivity index (χ1) is 13.4. The average molecular weight is 391 g/mol. The summed E-state index contributed by atoms with van der Waals surface area (Å²) in [5.41, 5.74) is 18.4. The Bertz CT molecular complexity index is 928. The van der Waals surface area contributed by atoms with Gasteiger partial charge in [0.1, 0.15) is 0 Å². The van der Waals surface area contributed by atoms with Crippen molar-refractivity contribution in [3.05, 3.63) is 70.8 Å². The second-order valence-corrected chi connectivity index (χ2v) is 8.35. The zero-order valence-electron chi connectivity index (χ0n) is 17.5. The summed E-state index contributed by atoms with van der Waals surface area (Å²) in [6.07, 6.45) is 2.13. The summed E-state index contributed by atoms with van der Waals surface area (Å²) in [6.45, 7) is 9.93. The second kappa shape index (κ2) is 8.74. The van der Waals surface area contributed by atoms with Gasteiger partial charge in [0.25, 0.3) is 0 Å². The molecule has 0 spiro atoms. The number of nitrogens with two attached hydrogens (primary N) is 1. The minimum Gasteiger partial charge on any atom is -0.399 e. The third kappa shape index (κ3) is 4.05. The summed E-state index contributed by atoms with van der Waals surface area (Å²) in [4.78, 5) is 0. The Morgan fingerprint density at radius 2 is 1.14 bits per heavy atom. The molecule has 2 nitrogen and oxygen atoms in total. The molecule has 0 heterocycles. The molecule has 3 heteroatoms. The zero-order valence-corrected chi connectivity index (χ0v) is 18.3. The number of rotatable bonds is 6. The van der Waals surface area contributed by atoms with Gasteiger partial charge in [0.05, 0.1) is 0 Å². The van der Waals surface area contributed by atoms with Gasteiger partial charge in [0.15, 0.2) is 0 Å². The van der Waals surface area contributed by atoms with Gasteiger partial charge in [-0.2, -0.15) is 11.8 Å². The predicted octanol–water partition coefficient (Wildman–Crippen LogP) is 6.61. The molecule has 3 N–H and O–H groups in total. The van der Waals surface area contributed by atoms with Crippen LogP contribution in [0.1, 0.15) is 22.3 Å². The van der Waals surface area contributed by atoms with Crippen LogP contribution >= 0.6 is 11.8 Å². The molecule has 3 rings (SSSR count). The minimum atomic E-state index is 0.801. The molecule has 0 saturated heterocycles. The summed E-state index contributed by atoms with van der Waals surface area (Å²) in [5, 5.41) is 3.48. The maximum Gasteiger partial charge on any atom is 0.0340 e. The molecule has 3 aromatic carbocycles. The molecule has 3 aromatic rings. The molecule has 28 heavy (non-hydrogen) atoms. The average Bonchev–Trinajstić information content (AvgIpc) is 2.69. The molecule has 0 bridgehead atoms. The Morgan fingerprint density at radius 1 is 0.714 bits per heavy atom. The van der Waals surface area contributed by atoms with Crippen molar-refractivity contribution in [3.63, 3.8) is 0 Å². The van der Waals surface area contributed by atoms with Crippen LogP contribution in [-0.2, 0) is 0 Å². The summed E-state index contributed by atoms with van der Waals surface area (Å²) in [5.74, 6) is 1.12. The molecule has 0 unspecified atom stereocenters. The third-order valence-electron chi connectivity index (χ3n) is 5.63. The van der Waals surface area contributed by atoms with Crippen molar-refractivity contribution in [2.75, 3.05) is 29.6 Å². The van der Waals surface area contributed by atoms with E-state index >= 15 is 0 Å².